The zero-order valence-electron chi connectivity index (χ0n) is 17.8. The number of carbonyl (C=O) groups is 1. The molecule has 0 spiro atoms. The molecule has 0 unspecified atom stereocenters. The van der Waals surface area contributed by atoms with E-state index in [0.717, 1.165) is 28.0 Å². The molecular formula is C23H24N4O4. The molecule has 2 heterocycles. The van der Waals surface area contributed by atoms with Gasteiger partial charge in [0.1, 0.15) is 17.1 Å². The van der Waals surface area contributed by atoms with Gasteiger partial charge in [-0.25, -0.2) is 4.98 Å². The van der Waals surface area contributed by atoms with Gasteiger partial charge in [0.05, 0.1) is 12.0 Å². The molecule has 4 rings (SSSR count). The summed E-state index contributed by atoms with van der Waals surface area (Å²) >= 11 is 0. The number of hydrogen-bond acceptors (Lipinski definition) is 6. The number of rotatable bonds is 4. The van der Waals surface area contributed by atoms with Crippen molar-refractivity contribution in [1.29, 1.82) is 0 Å². The van der Waals surface area contributed by atoms with Crippen LogP contribution < -0.4 is 9.64 Å². The summed E-state index contributed by atoms with van der Waals surface area (Å²) in [7, 11) is 1.64. The van der Waals surface area contributed by atoms with Crippen LogP contribution in [0.2, 0.25) is 0 Å². The summed E-state index contributed by atoms with van der Waals surface area (Å²) in [5.41, 5.74) is 2.94. The first-order valence-electron chi connectivity index (χ1n) is 10.1. The molecule has 0 N–H and O–H groups in total. The maximum absolute atomic E-state index is 12.9. The van der Waals surface area contributed by atoms with E-state index in [1.54, 1.807) is 25.0 Å². The van der Waals surface area contributed by atoms with E-state index in [2.05, 4.69) is 17.9 Å². The summed E-state index contributed by atoms with van der Waals surface area (Å²) in [6, 6.07) is 12.5. The summed E-state index contributed by atoms with van der Waals surface area (Å²) in [6.07, 6.45) is 0. The van der Waals surface area contributed by atoms with Gasteiger partial charge in [-0.3, -0.25) is 14.9 Å². The SMILES string of the molecule is COc1cccc2c(C)cc(N3CCN(C(=O)c4ccc([N+](=O)[O-])c(C)c4)CC3)nc12. The number of fused-ring (bicyclic) bond motifs is 1. The fourth-order valence-corrected chi connectivity index (χ4v) is 4.02. The molecule has 0 aliphatic carbocycles. The Balaban J connectivity index is 1.50. The third-order valence-corrected chi connectivity index (χ3v) is 5.75. The van der Waals surface area contributed by atoms with Crippen molar-refractivity contribution in [2.45, 2.75) is 13.8 Å². The summed E-state index contributed by atoms with van der Waals surface area (Å²) in [4.78, 5) is 32.3. The van der Waals surface area contributed by atoms with Gasteiger partial charge in [-0.2, -0.15) is 0 Å². The summed E-state index contributed by atoms with van der Waals surface area (Å²) < 4.78 is 5.48. The lowest BCUT2D eigenvalue weighted by Crippen LogP contribution is -2.49. The number of piperazine rings is 1. The molecule has 1 amide bonds. The number of nitro groups is 1. The highest BCUT2D eigenvalue weighted by atomic mass is 16.6. The molecule has 8 heteroatoms. The van der Waals surface area contributed by atoms with E-state index < -0.39 is 4.92 Å². The van der Waals surface area contributed by atoms with Crippen LogP contribution in [0.1, 0.15) is 21.5 Å². The van der Waals surface area contributed by atoms with E-state index in [1.165, 1.54) is 12.1 Å². The fourth-order valence-electron chi connectivity index (χ4n) is 4.02. The van der Waals surface area contributed by atoms with Crippen molar-refractivity contribution in [2.75, 3.05) is 38.2 Å². The number of hydrogen-bond donors (Lipinski definition) is 0. The number of amides is 1. The highest BCUT2D eigenvalue weighted by Gasteiger charge is 2.24. The number of benzene rings is 2. The lowest BCUT2D eigenvalue weighted by atomic mass is 10.1. The van der Waals surface area contributed by atoms with E-state index in [9.17, 15) is 14.9 Å². The Bertz CT molecular complexity index is 1170. The van der Waals surface area contributed by atoms with Crippen LogP contribution in [-0.2, 0) is 0 Å². The summed E-state index contributed by atoms with van der Waals surface area (Å²) in [5, 5.41) is 12.1. The predicted octanol–water partition coefficient (Wildman–Crippen LogP) is 3.73. The Morgan fingerprint density at radius 1 is 1.06 bits per heavy atom. The molecule has 1 saturated heterocycles. The van der Waals surface area contributed by atoms with Crippen molar-refractivity contribution >= 4 is 28.3 Å². The number of nitro benzene ring substituents is 1. The number of carbonyl (C=O) groups excluding carboxylic acids is 1. The maximum atomic E-state index is 12.9. The quantitative estimate of drug-likeness (QED) is 0.472. The molecule has 3 aromatic rings. The van der Waals surface area contributed by atoms with Gasteiger partial charge in [0, 0.05) is 48.8 Å². The van der Waals surface area contributed by atoms with Crippen LogP contribution >= 0.6 is 0 Å². The lowest BCUT2D eigenvalue weighted by molar-refractivity contribution is -0.385. The van der Waals surface area contributed by atoms with E-state index >= 15 is 0 Å². The van der Waals surface area contributed by atoms with E-state index in [4.69, 9.17) is 9.72 Å². The number of aryl methyl sites for hydroxylation is 2. The van der Waals surface area contributed by atoms with E-state index in [1.807, 2.05) is 18.2 Å². The van der Waals surface area contributed by atoms with Gasteiger partial charge in [-0.15, -0.1) is 0 Å². The molecule has 0 bridgehead atoms. The average molecular weight is 420 g/mol. The van der Waals surface area contributed by atoms with Crippen LogP contribution in [0.25, 0.3) is 10.9 Å². The first-order valence-corrected chi connectivity index (χ1v) is 10.1. The monoisotopic (exact) mass is 420 g/mol. The average Bonchev–Trinajstić information content (AvgIpc) is 2.78. The second kappa shape index (κ2) is 8.22. The smallest absolute Gasteiger partial charge is 0.272 e. The van der Waals surface area contributed by atoms with Crippen LogP contribution in [-0.4, -0.2) is 54.0 Å². The van der Waals surface area contributed by atoms with Gasteiger partial charge in [0.2, 0.25) is 0 Å². The van der Waals surface area contributed by atoms with Crippen LogP contribution in [0.4, 0.5) is 11.5 Å². The van der Waals surface area contributed by atoms with E-state index in [-0.39, 0.29) is 11.6 Å². The topological polar surface area (TPSA) is 88.8 Å². The largest absolute Gasteiger partial charge is 0.494 e. The first-order chi connectivity index (χ1) is 14.9. The van der Waals surface area contributed by atoms with Gasteiger partial charge in [-0.05, 0) is 43.7 Å². The highest BCUT2D eigenvalue weighted by Crippen LogP contribution is 2.29. The van der Waals surface area contributed by atoms with Crippen molar-refractivity contribution in [3.05, 3.63) is 69.3 Å². The van der Waals surface area contributed by atoms with Gasteiger partial charge in [-0.1, -0.05) is 12.1 Å². The van der Waals surface area contributed by atoms with Crippen molar-refractivity contribution in [1.82, 2.24) is 9.88 Å². The number of methoxy groups -OCH3 is 1. The van der Waals surface area contributed by atoms with Crippen LogP contribution in [0, 0.1) is 24.0 Å². The van der Waals surface area contributed by atoms with Crippen LogP contribution in [0.5, 0.6) is 5.75 Å². The third-order valence-electron chi connectivity index (χ3n) is 5.75. The van der Waals surface area contributed by atoms with Gasteiger partial charge in [0.15, 0.2) is 0 Å². The molecule has 1 aliphatic rings. The van der Waals surface area contributed by atoms with E-state index in [0.29, 0.717) is 37.3 Å². The Hall–Kier alpha value is -3.68. The number of pyridine rings is 1. The fraction of sp³-hybridized carbons (Fsp3) is 0.304. The second-order valence-corrected chi connectivity index (χ2v) is 7.69. The highest BCUT2D eigenvalue weighted by molar-refractivity contribution is 5.95. The van der Waals surface area contributed by atoms with Crippen LogP contribution in [0.3, 0.4) is 0 Å². The molecule has 31 heavy (non-hydrogen) atoms. The number of anilines is 1. The molecule has 160 valence electrons. The summed E-state index contributed by atoms with van der Waals surface area (Å²) in [5.74, 6) is 1.50. The van der Waals surface area contributed by atoms with Gasteiger partial charge < -0.3 is 14.5 Å². The molecule has 1 aliphatic heterocycles. The first kappa shape index (κ1) is 20.6. The zero-order valence-corrected chi connectivity index (χ0v) is 17.8. The number of ether oxygens (including phenoxy) is 1. The number of nitrogens with zero attached hydrogens (tertiary/aromatic N) is 4. The zero-order chi connectivity index (χ0) is 22.1. The Kier molecular flexibility index (Phi) is 5.46. The predicted molar refractivity (Wildman–Crippen MR) is 119 cm³/mol. The third kappa shape index (κ3) is 3.88. The molecule has 8 nitrogen and oxygen atoms in total. The second-order valence-electron chi connectivity index (χ2n) is 7.69. The lowest BCUT2D eigenvalue weighted by Gasteiger charge is -2.35. The summed E-state index contributed by atoms with van der Waals surface area (Å²) in [6.45, 7) is 6.13. The van der Waals surface area contributed by atoms with Crippen molar-refractivity contribution in [3.63, 3.8) is 0 Å². The molecular weight excluding hydrogens is 396 g/mol. The molecule has 0 radical (unpaired) electrons. The molecule has 0 atom stereocenters. The maximum Gasteiger partial charge on any atom is 0.272 e. The minimum atomic E-state index is -0.435. The molecule has 0 saturated carbocycles. The minimum Gasteiger partial charge on any atom is -0.494 e. The molecule has 2 aromatic carbocycles. The molecule has 1 fully saturated rings. The Labute approximate surface area is 180 Å². The van der Waals surface area contributed by atoms with Crippen molar-refractivity contribution in [3.8, 4) is 5.75 Å². The van der Waals surface area contributed by atoms with Crippen molar-refractivity contribution < 1.29 is 14.5 Å². The normalized spacial score (nSPS) is 14.0. The minimum absolute atomic E-state index is 0.0227. The number of aromatic nitrogens is 1. The Morgan fingerprint density at radius 2 is 1.81 bits per heavy atom. The molecule has 1 aromatic heterocycles. The van der Waals surface area contributed by atoms with Crippen LogP contribution in [0.15, 0.2) is 42.5 Å². The number of para-hydroxylation sites is 1. The van der Waals surface area contributed by atoms with Crippen molar-refractivity contribution in [2.24, 2.45) is 0 Å². The Morgan fingerprint density at radius 3 is 2.45 bits per heavy atom. The standard InChI is InChI=1S/C23H24N4O4/c1-15-14-21(24-22-18(15)5-4-6-20(22)31-3)25-9-11-26(12-10-25)23(28)17-7-8-19(27(29)30)16(2)13-17/h4-8,13-14H,9-12H2,1-3H3. The van der Waals surface area contributed by atoms with Gasteiger partial charge in [0.25, 0.3) is 11.6 Å². The van der Waals surface area contributed by atoms with Gasteiger partial charge >= 0.3 is 0 Å².